The first-order chi connectivity index (χ1) is 8.49. The minimum atomic E-state index is 0. The molecule has 0 radical (unpaired) electrons. The zero-order valence-corrected chi connectivity index (χ0v) is 14.4. The van der Waals surface area contributed by atoms with Crippen LogP contribution in [0.25, 0.3) is 0 Å². The monoisotopic (exact) mass is 394 g/mol. The smallest absolute Gasteiger partial charge is 0.255 e. The van der Waals surface area contributed by atoms with Crippen molar-refractivity contribution < 1.29 is 4.79 Å². The second-order valence-electron chi connectivity index (χ2n) is 5.12. The number of halogens is 2. The van der Waals surface area contributed by atoms with Crippen LogP contribution >= 0.6 is 35.0 Å². The van der Waals surface area contributed by atoms with Crippen molar-refractivity contribution in [1.82, 2.24) is 10.2 Å². The molecule has 2 atom stereocenters. The van der Waals surface area contributed by atoms with Crippen molar-refractivity contribution in [2.45, 2.75) is 32.9 Å². The molecule has 1 aromatic carbocycles. The average molecular weight is 395 g/mol. The van der Waals surface area contributed by atoms with Gasteiger partial charge in [0.05, 0.1) is 5.56 Å². The molecule has 1 N–H and O–H groups in total. The van der Waals surface area contributed by atoms with Gasteiger partial charge in [0.25, 0.3) is 5.91 Å². The molecule has 1 heterocycles. The minimum Gasteiger partial charge on any atom is -0.336 e. The van der Waals surface area contributed by atoms with Gasteiger partial charge >= 0.3 is 0 Å². The predicted molar refractivity (Wildman–Crippen MR) is 89.1 cm³/mol. The molecule has 0 aromatic heterocycles. The zero-order valence-electron chi connectivity index (χ0n) is 11.4. The largest absolute Gasteiger partial charge is 0.336 e. The number of nitrogens with one attached hydrogen (secondary N) is 1. The lowest BCUT2D eigenvalue weighted by atomic mass is 10.1. The fourth-order valence-corrected chi connectivity index (χ4v) is 3.07. The molecule has 5 heteroatoms. The van der Waals surface area contributed by atoms with Crippen LogP contribution in [0, 0.1) is 10.5 Å². The molecule has 3 nitrogen and oxygen atoms in total. The van der Waals surface area contributed by atoms with Crippen molar-refractivity contribution in [2.24, 2.45) is 0 Å². The maximum absolute atomic E-state index is 12.6. The second kappa shape index (κ2) is 6.90. The maximum atomic E-state index is 12.6. The third kappa shape index (κ3) is 3.83. The molecule has 2 rings (SSSR count). The highest BCUT2D eigenvalue weighted by molar-refractivity contribution is 14.1. The number of aryl methyl sites for hydroxylation is 1. The van der Waals surface area contributed by atoms with Crippen LogP contribution in [0.1, 0.15) is 29.8 Å². The van der Waals surface area contributed by atoms with E-state index in [2.05, 4.69) is 41.8 Å². The molecule has 1 saturated heterocycles. The number of nitrogens with zero attached hydrogens (tertiary/aromatic N) is 1. The van der Waals surface area contributed by atoms with Crippen LogP contribution in [0.5, 0.6) is 0 Å². The molecule has 1 amide bonds. The lowest BCUT2D eigenvalue weighted by Gasteiger charge is -2.36. The van der Waals surface area contributed by atoms with Gasteiger partial charge in [-0.3, -0.25) is 4.79 Å². The van der Waals surface area contributed by atoms with E-state index in [4.69, 9.17) is 0 Å². The van der Waals surface area contributed by atoms with E-state index in [1.165, 1.54) is 0 Å². The van der Waals surface area contributed by atoms with Gasteiger partial charge in [0, 0.05) is 28.7 Å². The molecular formula is C14H20ClIN2O. The van der Waals surface area contributed by atoms with Crippen molar-refractivity contribution in [2.75, 3.05) is 13.1 Å². The van der Waals surface area contributed by atoms with Crippen molar-refractivity contribution in [3.8, 4) is 0 Å². The first-order valence-corrected chi connectivity index (χ1v) is 7.37. The van der Waals surface area contributed by atoms with E-state index in [9.17, 15) is 4.79 Å². The fourth-order valence-electron chi connectivity index (χ4n) is 2.48. The van der Waals surface area contributed by atoms with Gasteiger partial charge in [-0.05, 0) is 55.0 Å². The number of amides is 1. The summed E-state index contributed by atoms with van der Waals surface area (Å²) in [6.07, 6.45) is 0. The van der Waals surface area contributed by atoms with Gasteiger partial charge < -0.3 is 10.2 Å². The van der Waals surface area contributed by atoms with E-state index in [0.29, 0.717) is 12.1 Å². The predicted octanol–water partition coefficient (Wildman–Crippen LogP) is 2.84. The summed E-state index contributed by atoms with van der Waals surface area (Å²) < 4.78 is 1.07. The summed E-state index contributed by atoms with van der Waals surface area (Å²) in [5.41, 5.74) is 1.99. The Morgan fingerprint density at radius 2 is 1.89 bits per heavy atom. The number of rotatable bonds is 1. The number of carbonyl (C=O) groups excluding carboxylic acids is 1. The molecule has 1 aromatic rings. The summed E-state index contributed by atoms with van der Waals surface area (Å²) in [6, 6.07) is 6.65. The highest BCUT2D eigenvalue weighted by Crippen LogP contribution is 2.19. The molecule has 1 fully saturated rings. The van der Waals surface area contributed by atoms with E-state index in [1.807, 2.05) is 30.0 Å². The Kier molecular flexibility index (Phi) is 6.08. The summed E-state index contributed by atoms with van der Waals surface area (Å²) in [7, 11) is 0. The number of carbonyl (C=O) groups is 1. The van der Waals surface area contributed by atoms with E-state index in [0.717, 1.165) is 27.8 Å². The summed E-state index contributed by atoms with van der Waals surface area (Å²) in [5.74, 6) is 0.156. The fraction of sp³-hybridized carbons (Fsp3) is 0.500. The van der Waals surface area contributed by atoms with Gasteiger partial charge in [0.2, 0.25) is 0 Å². The third-order valence-electron chi connectivity index (χ3n) is 3.27. The topological polar surface area (TPSA) is 32.3 Å². The third-order valence-corrected chi connectivity index (χ3v) is 4.70. The lowest BCUT2D eigenvalue weighted by Crippen LogP contribution is -2.55. The minimum absolute atomic E-state index is 0. The van der Waals surface area contributed by atoms with E-state index in [1.54, 1.807) is 0 Å². The molecule has 0 spiro atoms. The number of hydrogen-bond donors (Lipinski definition) is 1. The molecule has 0 aliphatic carbocycles. The van der Waals surface area contributed by atoms with Crippen LogP contribution in [-0.4, -0.2) is 36.0 Å². The maximum Gasteiger partial charge on any atom is 0.255 e. The number of piperazine rings is 1. The Labute approximate surface area is 134 Å². The molecule has 0 saturated carbocycles. The van der Waals surface area contributed by atoms with Crippen molar-refractivity contribution in [1.29, 1.82) is 0 Å². The Hall–Kier alpha value is -0.330. The van der Waals surface area contributed by atoms with Crippen LogP contribution in [0.15, 0.2) is 18.2 Å². The molecule has 106 valence electrons. The van der Waals surface area contributed by atoms with Crippen LogP contribution in [0.4, 0.5) is 0 Å². The van der Waals surface area contributed by atoms with Crippen molar-refractivity contribution in [3.63, 3.8) is 0 Å². The molecular weight excluding hydrogens is 375 g/mol. The van der Waals surface area contributed by atoms with Gasteiger partial charge in [-0.1, -0.05) is 12.1 Å². The average Bonchev–Trinajstić information content (AvgIpc) is 2.30. The molecule has 2 unspecified atom stereocenters. The Bertz CT molecular complexity index is 457. The summed E-state index contributed by atoms with van der Waals surface area (Å²) >= 11 is 2.26. The van der Waals surface area contributed by atoms with Crippen LogP contribution in [0.3, 0.4) is 0 Å². The quantitative estimate of drug-likeness (QED) is 0.743. The summed E-state index contributed by atoms with van der Waals surface area (Å²) in [5, 5.41) is 3.45. The lowest BCUT2D eigenvalue weighted by molar-refractivity contribution is 0.0672. The zero-order chi connectivity index (χ0) is 13.3. The van der Waals surface area contributed by atoms with Gasteiger partial charge in [-0.15, -0.1) is 12.4 Å². The van der Waals surface area contributed by atoms with Gasteiger partial charge in [0.15, 0.2) is 0 Å². The Balaban J connectivity index is 0.00000180. The van der Waals surface area contributed by atoms with E-state index in [-0.39, 0.29) is 18.3 Å². The molecule has 1 aliphatic rings. The van der Waals surface area contributed by atoms with Gasteiger partial charge in [0.1, 0.15) is 0 Å². The van der Waals surface area contributed by atoms with Crippen LogP contribution in [0.2, 0.25) is 0 Å². The highest BCUT2D eigenvalue weighted by atomic mass is 127. The van der Waals surface area contributed by atoms with Crippen molar-refractivity contribution in [3.05, 3.63) is 32.9 Å². The van der Waals surface area contributed by atoms with Crippen LogP contribution < -0.4 is 5.32 Å². The van der Waals surface area contributed by atoms with Crippen LogP contribution in [-0.2, 0) is 0 Å². The Morgan fingerprint density at radius 1 is 1.32 bits per heavy atom. The summed E-state index contributed by atoms with van der Waals surface area (Å²) in [6.45, 7) is 7.86. The Morgan fingerprint density at radius 3 is 2.47 bits per heavy atom. The summed E-state index contributed by atoms with van der Waals surface area (Å²) in [4.78, 5) is 14.5. The number of benzene rings is 1. The van der Waals surface area contributed by atoms with Gasteiger partial charge in [-0.25, -0.2) is 0 Å². The molecule has 1 aliphatic heterocycles. The second-order valence-corrected chi connectivity index (χ2v) is 6.19. The molecule has 19 heavy (non-hydrogen) atoms. The first kappa shape index (κ1) is 16.7. The normalized spacial score (nSPS) is 22.8. The van der Waals surface area contributed by atoms with E-state index >= 15 is 0 Å². The van der Waals surface area contributed by atoms with Crippen molar-refractivity contribution >= 4 is 40.9 Å². The SMILES string of the molecule is Cc1cccc(C(=O)N2CC(C)NC(C)C2)c1I.Cl. The van der Waals surface area contributed by atoms with E-state index < -0.39 is 0 Å². The first-order valence-electron chi connectivity index (χ1n) is 6.29. The molecule has 0 bridgehead atoms. The standard InChI is InChI=1S/C14H19IN2O.ClH/c1-9-5-4-6-12(13(9)15)14(18)17-7-10(2)16-11(3)8-17;/h4-6,10-11,16H,7-8H2,1-3H3;1H. The van der Waals surface area contributed by atoms with Gasteiger partial charge in [-0.2, -0.15) is 0 Å². The number of hydrogen-bond acceptors (Lipinski definition) is 2. The highest BCUT2D eigenvalue weighted by Gasteiger charge is 2.26.